The molecule has 0 saturated heterocycles. The summed E-state index contributed by atoms with van der Waals surface area (Å²) in [5, 5.41) is 6.72. The molecule has 2 aromatic rings. The molecule has 0 heterocycles. The lowest BCUT2D eigenvalue weighted by Crippen LogP contribution is -2.39. The van der Waals surface area contributed by atoms with Crippen molar-refractivity contribution < 1.29 is 4.79 Å². The average molecular weight is 306 g/mol. The predicted molar refractivity (Wildman–Crippen MR) is 91.1 cm³/mol. The molecule has 1 amide bonds. The zero-order chi connectivity index (χ0) is 15.6. The van der Waals surface area contributed by atoms with Gasteiger partial charge in [-0.05, 0) is 30.4 Å². The van der Waals surface area contributed by atoms with Crippen LogP contribution in [0.4, 0.5) is 0 Å². The summed E-state index contributed by atoms with van der Waals surface area (Å²) in [4.78, 5) is 12.6. The van der Waals surface area contributed by atoms with Crippen LogP contribution in [0.1, 0.15) is 42.3 Å². The van der Waals surface area contributed by atoms with Crippen molar-refractivity contribution in [3.8, 4) is 0 Å². The predicted octanol–water partition coefficient (Wildman–Crippen LogP) is 3.15. The number of rotatable bonds is 6. The molecule has 2 aromatic carbocycles. The quantitative estimate of drug-likeness (QED) is 0.861. The third-order valence-corrected chi connectivity index (χ3v) is 4.72. The second-order valence-corrected chi connectivity index (χ2v) is 6.65. The first-order chi connectivity index (χ1) is 11.3. The Labute approximate surface area is 137 Å². The number of amides is 1. The highest BCUT2D eigenvalue weighted by molar-refractivity contribution is 5.83. The number of benzene rings is 2. The van der Waals surface area contributed by atoms with Crippen LogP contribution in [-0.2, 0) is 4.79 Å². The van der Waals surface area contributed by atoms with Gasteiger partial charge in [-0.3, -0.25) is 10.1 Å². The lowest BCUT2D eigenvalue weighted by molar-refractivity contribution is -0.123. The van der Waals surface area contributed by atoms with Crippen LogP contribution in [0.25, 0.3) is 0 Å². The van der Waals surface area contributed by atoms with Gasteiger partial charge in [-0.25, -0.2) is 0 Å². The van der Waals surface area contributed by atoms with Crippen molar-refractivity contribution in [1.29, 1.82) is 0 Å². The van der Waals surface area contributed by atoms with Crippen molar-refractivity contribution in [2.75, 3.05) is 0 Å². The third kappa shape index (κ3) is 3.45. The van der Waals surface area contributed by atoms with Crippen molar-refractivity contribution in [2.24, 2.45) is 0 Å². The molecule has 0 aromatic heterocycles. The van der Waals surface area contributed by atoms with Gasteiger partial charge < -0.3 is 5.32 Å². The number of carbonyl (C=O) groups excluding carboxylic acids is 1. The fourth-order valence-electron chi connectivity index (χ4n) is 3.14. The number of nitrogens with one attached hydrogen (secondary N) is 2. The van der Waals surface area contributed by atoms with E-state index >= 15 is 0 Å². The van der Waals surface area contributed by atoms with Gasteiger partial charge in [0, 0.05) is 18.0 Å². The number of hydrogen-bond donors (Lipinski definition) is 2. The maximum atomic E-state index is 12.6. The van der Waals surface area contributed by atoms with E-state index in [1.54, 1.807) is 0 Å². The Hall–Kier alpha value is -2.13. The second kappa shape index (κ2) is 6.17. The Morgan fingerprint density at radius 1 is 0.957 bits per heavy atom. The Kier molecular flexibility index (Phi) is 3.88. The van der Waals surface area contributed by atoms with Gasteiger partial charge in [0.25, 0.3) is 0 Å². The van der Waals surface area contributed by atoms with Crippen LogP contribution in [0.3, 0.4) is 0 Å². The fraction of sp³-hybridized carbons (Fsp3) is 0.350. The molecular weight excluding hydrogens is 284 g/mol. The molecule has 3 atom stereocenters. The molecule has 2 N–H and O–H groups in total. The van der Waals surface area contributed by atoms with Crippen molar-refractivity contribution in [3.05, 3.63) is 71.8 Å². The van der Waals surface area contributed by atoms with E-state index in [1.165, 1.54) is 5.56 Å². The van der Waals surface area contributed by atoms with E-state index in [-0.39, 0.29) is 11.9 Å². The van der Waals surface area contributed by atoms with Gasteiger partial charge in [-0.1, -0.05) is 60.7 Å². The molecule has 4 rings (SSSR count). The molecule has 2 aliphatic rings. The molecule has 0 aliphatic heterocycles. The summed E-state index contributed by atoms with van der Waals surface area (Å²) >= 11 is 0. The first kappa shape index (κ1) is 14.5. The smallest absolute Gasteiger partial charge is 0.241 e. The molecular formula is C20H22N2O. The summed E-state index contributed by atoms with van der Waals surface area (Å²) in [5.74, 6) is 0.633. The molecule has 3 heteroatoms. The molecule has 2 fully saturated rings. The Bertz CT molecular complexity index is 667. The maximum Gasteiger partial charge on any atom is 0.241 e. The third-order valence-electron chi connectivity index (χ3n) is 4.72. The molecule has 23 heavy (non-hydrogen) atoms. The zero-order valence-corrected chi connectivity index (χ0v) is 13.1. The van der Waals surface area contributed by atoms with Gasteiger partial charge in [-0.2, -0.15) is 0 Å². The summed E-state index contributed by atoms with van der Waals surface area (Å²) < 4.78 is 0. The van der Waals surface area contributed by atoms with Crippen molar-refractivity contribution >= 4 is 5.91 Å². The topological polar surface area (TPSA) is 41.1 Å². The molecule has 2 saturated carbocycles. The largest absolute Gasteiger partial charge is 0.352 e. The highest BCUT2D eigenvalue weighted by atomic mass is 16.2. The number of carbonyl (C=O) groups is 1. The highest BCUT2D eigenvalue weighted by Crippen LogP contribution is 2.42. The minimum atomic E-state index is -0.254. The van der Waals surface area contributed by atoms with Gasteiger partial charge >= 0.3 is 0 Å². The van der Waals surface area contributed by atoms with E-state index in [1.807, 2.05) is 36.4 Å². The molecule has 3 nitrogen and oxygen atoms in total. The van der Waals surface area contributed by atoms with Gasteiger partial charge in [0.1, 0.15) is 6.04 Å². The summed E-state index contributed by atoms with van der Waals surface area (Å²) in [6.07, 6.45) is 3.33. The van der Waals surface area contributed by atoms with E-state index in [4.69, 9.17) is 0 Å². The van der Waals surface area contributed by atoms with E-state index in [9.17, 15) is 4.79 Å². The average Bonchev–Trinajstić information content (AvgIpc) is 3.50. The first-order valence-corrected chi connectivity index (χ1v) is 8.47. The maximum absolute atomic E-state index is 12.6. The van der Waals surface area contributed by atoms with E-state index < -0.39 is 0 Å². The van der Waals surface area contributed by atoms with Crippen LogP contribution >= 0.6 is 0 Å². The fourth-order valence-corrected chi connectivity index (χ4v) is 3.14. The van der Waals surface area contributed by atoms with Crippen molar-refractivity contribution in [2.45, 2.75) is 43.3 Å². The van der Waals surface area contributed by atoms with Gasteiger partial charge in [0.15, 0.2) is 0 Å². The minimum Gasteiger partial charge on any atom is -0.352 e. The molecule has 0 bridgehead atoms. The summed E-state index contributed by atoms with van der Waals surface area (Å²) in [5.41, 5.74) is 2.41. The Morgan fingerprint density at radius 2 is 1.61 bits per heavy atom. The lowest BCUT2D eigenvalue weighted by atomic mass is 10.1. The number of hydrogen-bond acceptors (Lipinski definition) is 2. The molecule has 0 spiro atoms. The normalized spacial score (nSPS) is 24.0. The van der Waals surface area contributed by atoms with Crippen LogP contribution in [0.5, 0.6) is 0 Å². The molecule has 0 unspecified atom stereocenters. The highest BCUT2D eigenvalue weighted by Gasteiger charge is 2.41. The van der Waals surface area contributed by atoms with Crippen molar-refractivity contribution in [3.63, 3.8) is 0 Å². The van der Waals surface area contributed by atoms with Crippen LogP contribution in [0.15, 0.2) is 60.7 Å². The first-order valence-electron chi connectivity index (χ1n) is 8.47. The monoisotopic (exact) mass is 306 g/mol. The molecule has 2 aliphatic carbocycles. The van der Waals surface area contributed by atoms with Crippen LogP contribution in [-0.4, -0.2) is 18.0 Å². The lowest BCUT2D eigenvalue weighted by Gasteiger charge is -2.19. The van der Waals surface area contributed by atoms with Gasteiger partial charge in [0.2, 0.25) is 5.91 Å². The van der Waals surface area contributed by atoms with Crippen molar-refractivity contribution in [1.82, 2.24) is 10.6 Å². The van der Waals surface area contributed by atoms with Crippen LogP contribution in [0, 0.1) is 0 Å². The van der Waals surface area contributed by atoms with E-state index in [0.29, 0.717) is 18.0 Å². The van der Waals surface area contributed by atoms with E-state index in [2.05, 4.69) is 34.9 Å². The second-order valence-electron chi connectivity index (χ2n) is 6.65. The molecule has 118 valence electrons. The van der Waals surface area contributed by atoms with Gasteiger partial charge in [0.05, 0.1) is 0 Å². The van der Waals surface area contributed by atoms with Crippen LogP contribution in [0.2, 0.25) is 0 Å². The molecule has 0 radical (unpaired) electrons. The SMILES string of the molecule is O=C(NC1CC1)[C@H](N[C@@H]1C[C@@H]1c1ccccc1)c1ccccc1. The zero-order valence-electron chi connectivity index (χ0n) is 13.1. The standard InChI is InChI=1S/C20H22N2O/c23-20(21-16-11-12-16)19(15-9-5-2-6-10-15)22-18-13-17(18)14-7-3-1-4-8-14/h1-10,16-19,22H,11-13H2,(H,21,23)/t17-,18-,19-/m1/s1. The Morgan fingerprint density at radius 3 is 2.26 bits per heavy atom. The Balaban J connectivity index is 1.47. The minimum absolute atomic E-state index is 0.109. The summed E-state index contributed by atoms with van der Waals surface area (Å²) in [6, 6.07) is 21.1. The van der Waals surface area contributed by atoms with Gasteiger partial charge in [-0.15, -0.1) is 0 Å². The summed E-state index contributed by atoms with van der Waals surface area (Å²) in [6.45, 7) is 0. The van der Waals surface area contributed by atoms with E-state index in [0.717, 1.165) is 24.8 Å². The van der Waals surface area contributed by atoms with Crippen LogP contribution < -0.4 is 10.6 Å². The summed E-state index contributed by atoms with van der Waals surface area (Å²) in [7, 11) is 0.